The van der Waals surface area contributed by atoms with Crippen molar-refractivity contribution in [3.8, 4) is 0 Å². The first-order valence-electron chi connectivity index (χ1n) is 4.13. The molecule has 8 nitrogen and oxygen atoms in total. The van der Waals surface area contributed by atoms with Crippen LogP contribution in [-0.2, 0) is 9.59 Å². The van der Waals surface area contributed by atoms with Crippen LogP contribution < -0.4 is 10.6 Å². The lowest BCUT2D eigenvalue weighted by Gasteiger charge is -2.03. The van der Waals surface area contributed by atoms with Gasteiger partial charge in [-0.3, -0.25) is 14.4 Å². The molecule has 0 aromatic carbocycles. The van der Waals surface area contributed by atoms with E-state index in [1.807, 2.05) is 0 Å². The van der Waals surface area contributed by atoms with E-state index in [9.17, 15) is 14.4 Å². The van der Waals surface area contributed by atoms with Crippen LogP contribution in [0.15, 0.2) is 6.20 Å². The summed E-state index contributed by atoms with van der Waals surface area (Å²) in [4.78, 5) is 32.7. The van der Waals surface area contributed by atoms with Crippen molar-refractivity contribution >= 4 is 29.3 Å². The van der Waals surface area contributed by atoms with Gasteiger partial charge in [0.15, 0.2) is 0 Å². The van der Waals surface area contributed by atoms with Crippen LogP contribution in [0.1, 0.15) is 9.67 Å². The summed E-state index contributed by atoms with van der Waals surface area (Å²) in [5, 5.41) is 16.1. The maximum Gasteiger partial charge on any atom is 0.322 e. The third-order valence-corrected chi connectivity index (χ3v) is 2.09. The lowest BCUT2D eigenvalue weighted by atomic mass is 10.4. The molecule has 1 heterocycles. The van der Waals surface area contributed by atoms with Gasteiger partial charge in [0, 0.05) is 0 Å². The van der Waals surface area contributed by atoms with E-state index < -0.39 is 24.3 Å². The van der Waals surface area contributed by atoms with Crippen molar-refractivity contribution in [2.75, 3.05) is 13.1 Å². The first kappa shape index (κ1) is 12.0. The van der Waals surface area contributed by atoms with Gasteiger partial charge in [-0.25, -0.2) is 0 Å². The maximum absolute atomic E-state index is 11.3. The Morgan fingerprint density at radius 3 is 2.62 bits per heavy atom. The molecule has 0 atom stereocenters. The normalized spacial score (nSPS) is 9.50. The van der Waals surface area contributed by atoms with Gasteiger partial charge in [-0.15, -0.1) is 5.10 Å². The number of rotatable bonds is 5. The van der Waals surface area contributed by atoms with E-state index in [-0.39, 0.29) is 11.4 Å². The van der Waals surface area contributed by atoms with E-state index in [4.69, 9.17) is 5.11 Å². The molecule has 1 aromatic rings. The first-order valence-corrected chi connectivity index (χ1v) is 4.91. The first-order chi connectivity index (χ1) is 7.59. The molecule has 0 saturated carbocycles. The molecule has 0 bridgehead atoms. The molecular formula is C7H8N4O4S. The molecule has 0 aliphatic rings. The van der Waals surface area contributed by atoms with Gasteiger partial charge in [0.2, 0.25) is 5.91 Å². The monoisotopic (exact) mass is 244 g/mol. The second-order valence-corrected chi connectivity index (χ2v) is 3.42. The zero-order valence-electron chi connectivity index (χ0n) is 7.97. The van der Waals surface area contributed by atoms with Crippen molar-refractivity contribution in [1.82, 2.24) is 20.2 Å². The van der Waals surface area contributed by atoms with E-state index in [0.29, 0.717) is 0 Å². The highest BCUT2D eigenvalue weighted by Gasteiger charge is 2.10. The van der Waals surface area contributed by atoms with Crippen LogP contribution in [0.5, 0.6) is 0 Å². The van der Waals surface area contributed by atoms with Crippen molar-refractivity contribution in [3.63, 3.8) is 0 Å². The Kier molecular flexibility index (Phi) is 4.33. The van der Waals surface area contributed by atoms with Crippen molar-refractivity contribution < 1.29 is 19.5 Å². The molecule has 1 aromatic heterocycles. The summed E-state index contributed by atoms with van der Waals surface area (Å²) < 4.78 is 3.48. The fourth-order valence-electron chi connectivity index (χ4n) is 0.752. The number of aromatic nitrogens is 2. The predicted octanol–water partition coefficient (Wildman–Crippen LogP) is -1.53. The van der Waals surface area contributed by atoms with Gasteiger partial charge in [0.05, 0.1) is 12.7 Å². The Morgan fingerprint density at radius 1 is 1.31 bits per heavy atom. The van der Waals surface area contributed by atoms with Crippen molar-refractivity contribution in [2.45, 2.75) is 0 Å². The van der Waals surface area contributed by atoms with Gasteiger partial charge >= 0.3 is 5.97 Å². The quantitative estimate of drug-likeness (QED) is 0.577. The molecule has 9 heteroatoms. The van der Waals surface area contributed by atoms with Gasteiger partial charge in [0.25, 0.3) is 5.91 Å². The number of amides is 2. The summed E-state index contributed by atoms with van der Waals surface area (Å²) >= 11 is 0.902. The third kappa shape index (κ3) is 4.00. The smallest absolute Gasteiger partial charge is 0.322 e. The van der Waals surface area contributed by atoms with E-state index in [1.54, 1.807) is 0 Å². The summed E-state index contributed by atoms with van der Waals surface area (Å²) in [6, 6.07) is 0. The summed E-state index contributed by atoms with van der Waals surface area (Å²) in [6.45, 7) is -0.763. The highest BCUT2D eigenvalue weighted by molar-refractivity contribution is 7.07. The number of carboxylic acid groups (broad SMARTS) is 1. The van der Waals surface area contributed by atoms with Gasteiger partial charge in [-0.05, 0) is 11.5 Å². The molecule has 86 valence electrons. The van der Waals surface area contributed by atoms with Crippen LogP contribution in [0.2, 0.25) is 0 Å². The Labute approximate surface area is 93.8 Å². The second-order valence-electron chi connectivity index (χ2n) is 2.63. The highest BCUT2D eigenvalue weighted by atomic mass is 32.1. The average molecular weight is 244 g/mol. The molecule has 0 unspecified atom stereocenters. The fraction of sp³-hybridized carbons (Fsp3) is 0.286. The SMILES string of the molecule is O=C(O)CNC(=O)CNC(=O)c1cnns1. The van der Waals surface area contributed by atoms with Crippen molar-refractivity contribution in [3.05, 3.63) is 11.1 Å². The molecule has 0 aliphatic heterocycles. The molecule has 0 radical (unpaired) electrons. The lowest BCUT2D eigenvalue weighted by Crippen LogP contribution is -2.38. The molecule has 0 saturated heterocycles. The Bertz CT molecular complexity index is 391. The predicted molar refractivity (Wildman–Crippen MR) is 52.9 cm³/mol. The van der Waals surface area contributed by atoms with Crippen molar-refractivity contribution in [2.24, 2.45) is 0 Å². The van der Waals surface area contributed by atoms with Crippen LogP contribution in [0.4, 0.5) is 0 Å². The largest absolute Gasteiger partial charge is 0.480 e. The number of hydrogen-bond donors (Lipinski definition) is 3. The molecule has 0 spiro atoms. The Morgan fingerprint density at radius 2 is 2.06 bits per heavy atom. The van der Waals surface area contributed by atoms with Crippen LogP contribution in [-0.4, -0.2) is 45.6 Å². The van der Waals surface area contributed by atoms with Gasteiger partial charge < -0.3 is 15.7 Å². The Balaban J connectivity index is 2.27. The standard InChI is InChI=1S/C7H8N4O4S/c12-5(8-3-6(13)14)2-9-7(15)4-1-10-11-16-4/h1H,2-3H2,(H,8,12)(H,9,15)(H,13,14). The van der Waals surface area contributed by atoms with E-state index in [0.717, 1.165) is 11.5 Å². The van der Waals surface area contributed by atoms with Crippen LogP contribution in [0.25, 0.3) is 0 Å². The lowest BCUT2D eigenvalue weighted by molar-refractivity contribution is -0.137. The zero-order chi connectivity index (χ0) is 12.0. The van der Waals surface area contributed by atoms with E-state index >= 15 is 0 Å². The van der Waals surface area contributed by atoms with E-state index in [1.165, 1.54) is 6.20 Å². The van der Waals surface area contributed by atoms with Crippen LogP contribution in [0.3, 0.4) is 0 Å². The minimum absolute atomic E-state index is 0.283. The molecule has 16 heavy (non-hydrogen) atoms. The van der Waals surface area contributed by atoms with E-state index in [2.05, 4.69) is 20.2 Å². The topological polar surface area (TPSA) is 121 Å². The van der Waals surface area contributed by atoms with Gasteiger partial charge in [-0.1, -0.05) is 4.49 Å². The molecule has 0 aliphatic carbocycles. The number of nitrogens with one attached hydrogen (secondary N) is 2. The summed E-state index contributed by atoms with van der Waals surface area (Å²) in [5.41, 5.74) is 0. The number of carbonyl (C=O) groups excluding carboxylic acids is 2. The third-order valence-electron chi connectivity index (χ3n) is 1.43. The molecule has 1 rings (SSSR count). The highest BCUT2D eigenvalue weighted by Crippen LogP contribution is 2.00. The van der Waals surface area contributed by atoms with Gasteiger partial charge in [-0.2, -0.15) is 0 Å². The fourth-order valence-corrected chi connectivity index (χ4v) is 1.18. The van der Waals surface area contributed by atoms with Crippen LogP contribution in [0, 0.1) is 0 Å². The average Bonchev–Trinajstić information content (AvgIpc) is 2.76. The number of nitrogens with zero attached hydrogens (tertiary/aromatic N) is 2. The molecule has 3 N–H and O–H groups in total. The summed E-state index contributed by atoms with van der Waals surface area (Å²) in [6.07, 6.45) is 1.27. The van der Waals surface area contributed by atoms with Crippen LogP contribution >= 0.6 is 11.5 Å². The molecular weight excluding hydrogens is 236 g/mol. The Hall–Kier alpha value is -2.03. The summed E-state index contributed by atoms with van der Waals surface area (Å²) in [7, 11) is 0. The summed E-state index contributed by atoms with van der Waals surface area (Å²) in [5.74, 6) is -2.19. The maximum atomic E-state index is 11.3. The number of aliphatic carboxylic acids is 1. The second kappa shape index (κ2) is 5.75. The zero-order valence-corrected chi connectivity index (χ0v) is 8.78. The molecule has 0 fully saturated rings. The number of hydrogen-bond acceptors (Lipinski definition) is 6. The number of carboxylic acids is 1. The van der Waals surface area contributed by atoms with Gasteiger partial charge in [0.1, 0.15) is 11.4 Å². The minimum atomic E-state index is -1.15. The van der Waals surface area contributed by atoms with Crippen molar-refractivity contribution in [1.29, 1.82) is 0 Å². The number of carbonyl (C=O) groups is 3. The minimum Gasteiger partial charge on any atom is -0.480 e. The molecule has 2 amide bonds.